The molecule has 2 saturated carbocycles. The van der Waals surface area contributed by atoms with E-state index in [2.05, 4.69) is 17.1 Å². The Labute approximate surface area is 114 Å². The van der Waals surface area contributed by atoms with Gasteiger partial charge in [-0.05, 0) is 51.5 Å². The van der Waals surface area contributed by atoms with Crippen LogP contribution in [0.4, 0.5) is 5.13 Å². The summed E-state index contributed by atoms with van der Waals surface area (Å²) in [5.41, 5.74) is 1.21. The van der Waals surface area contributed by atoms with Crippen molar-refractivity contribution in [2.45, 2.75) is 39.2 Å². The fraction of sp³-hybridized carbons (Fsp3) is 0.786. The molecule has 4 heteroatoms. The summed E-state index contributed by atoms with van der Waals surface area (Å²) >= 11 is 1.88. The highest BCUT2D eigenvalue weighted by Gasteiger charge is 2.30. The van der Waals surface area contributed by atoms with Crippen molar-refractivity contribution >= 4 is 16.5 Å². The molecule has 0 bridgehead atoms. The summed E-state index contributed by atoms with van der Waals surface area (Å²) < 4.78 is 0. The quantitative estimate of drug-likeness (QED) is 0.821. The van der Waals surface area contributed by atoms with Crippen LogP contribution in [0.5, 0.6) is 0 Å². The lowest BCUT2D eigenvalue weighted by Crippen LogP contribution is -2.27. The van der Waals surface area contributed by atoms with Gasteiger partial charge in [0.2, 0.25) is 0 Å². The first-order valence-corrected chi connectivity index (χ1v) is 7.93. The first-order chi connectivity index (χ1) is 8.76. The van der Waals surface area contributed by atoms with Gasteiger partial charge in [0.05, 0.1) is 5.69 Å². The average molecular weight is 265 g/mol. The van der Waals surface area contributed by atoms with E-state index in [0.717, 1.165) is 18.4 Å². The highest BCUT2D eigenvalue weighted by molar-refractivity contribution is 7.15. The Kier molecular flexibility index (Phi) is 3.57. The van der Waals surface area contributed by atoms with Gasteiger partial charge in [0.15, 0.2) is 5.13 Å². The largest absolute Gasteiger partial charge is 0.348 e. The molecule has 0 unspecified atom stereocenters. The molecule has 3 nitrogen and oxygen atoms in total. The SMILES string of the molecule is CNCc1sc(N(CC2CC2)CC2CC2)nc1C. The number of nitrogens with zero attached hydrogens (tertiary/aromatic N) is 2. The molecule has 0 saturated heterocycles. The van der Waals surface area contributed by atoms with Crippen molar-refractivity contribution in [1.82, 2.24) is 10.3 Å². The molecule has 0 spiro atoms. The van der Waals surface area contributed by atoms with E-state index >= 15 is 0 Å². The highest BCUT2D eigenvalue weighted by Crippen LogP contribution is 2.37. The van der Waals surface area contributed by atoms with E-state index in [1.54, 1.807) is 0 Å². The minimum absolute atomic E-state index is 0.945. The van der Waals surface area contributed by atoms with E-state index in [1.807, 2.05) is 18.4 Å². The second-order valence-corrected chi connectivity index (χ2v) is 6.89. The number of hydrogen-bond acceptors (Lipinski definition) is 4. The minimum atomic E-state index is 0.945. The minimum Gasteiger partial charge on any atom is -0.348 e. The Morgan fingerprint density at radius 2 is 1.83 bits per heavy atom. The van der Waals surface area contributed by atoms with Crippen LogP contribution in [-0.2, 0) is 6.54 Å². The second-order valence-electron chi connectivity index (χ2n) is 5.83. The number of nitrogens with one attached hydrogen (secondary N) is 1. The van der Waals surface area contributed by atoms with Crippen LogP contribution in [-0.4, -0.2) is 25.1 Å². The van der Waals surface area contributed by atoms with Crippen LogP contribution in [0.15, 0.2) is 0 Å². The Balaban J connectivity index is 1.72. The highest BCUT2D eigenvalue weighted by atomic mass is 32.1. The molecule has 0 aliphatic heterocycles. The molecule has 2 aliphatic carbocycles. The van der Waals surface area contributed by atoms with Crippen LogP contribution in [0, 0.1) is 18.8 Å². The van der Waals surface area contributed by atoms with Gasteiger partial charge in [-0.15, -0.1) is 11.3 Å². The van der Waals surface area contributed by atoms with E-state index in [4.69, 9.17) is 4.98 Å². The molecule has 100 valence electrons. The first kappa shape index (κ1) is 12.4. The second kappa shape index (κ2) is 5.17. The maximum Gasteiger partial charge on any atom is 0.185 e. The number of rotatable bonds is 7. The number of anilines is 1. The van der Waals surface area contributed by atoms with E-state index in [-0.39, 0.29) is 0 Å². The zero-order chi connectivity index (χ0) is 12.5. The molecule has 18 heavy (non-hydrogen) atoms. The van der Waals surface area contributed by atoms with E-state index < -0.39 is 0 Å². The lowest BCUT2D eigenvalue weighted by Gasteiger charge is -2.21. The topological polar surface area (TPSA) is 28.2 Å². The van der Waals surface area contributed by atoms with Gasteiger partial charge < -0.3 is 10.2 Å². The summed E-state index contributed by atoms with van der Waals surface area (Å²) in [5, 5.41) is 4.50. The summed E-state index contributed by atoms with van der Waals surface area (Å²) in [5.74, 6) is 1.89. The normalized spacial score (nSPS) is 19.2. The molecule has 0 amide bonds. The molecule has 1 N–H and O–H groups in total. The zero-order valence-electron chi connectivity index (χ0n) is 11.4. The molecule has 3 rings (SSSR count). The number of thiazole rings is 1. The maximum absolute atomic E-state index is 4.80. The summed E-state index contributed by atoms with van der Waals surface area (Å²) in [4.78, 5) is 8.75. The van der Waals surface area contributed by atoms with E-state index in [0.29, 0.717) is 0 Å². The van der Waals surface area contributed by atoms with Gasteiger partial charge in [-0.1, -0.05) is 0 Å². The van der Waals surface area contributed by atoms with Crippen LogP contribution < -0.4 is 10.2 Å². The molecule has 1 aromatic rings. The van der Waals surface area contributed by atoms with Crippen LogP contribution in [0.2, 0.25) is 0 Å². The van der Waals surface area contributed by atoms with Gasteiger partial charge in [0.25, 0.3) is 0 Å². The molecule has 1 heterocycles. The van der Waals surface area contributed by atoms with E-state index in [9.17, 15) is 0 Å². The smallest absolute Gasteiger partial charge is 0.185 e. The van der Waals surface area contributed by atoms with Crippen LogP contribution in [0.3, 0.4) is 0 Å². The lowest BCUT2D eigenvalue weighted by atomic mass is 10.3. The predicted octanol–water partition coefficient (Wildman–Crippen LogP) is 2.80. The fourth-order valence-electron chi connectivity index (χ4n) is 2.33. The Bertz CT molecular complexity index is 393. The Morgan fingerprint density at radius 3 is 2.33 bits per heavy atom. The van der Waals surface area contributed by atoms with Gasteiger partial charge in [-0.25, -0.2) is 4.98 Å². The maximum atomic E-state index is 4.80. The van der Waals surface area contributed by atoms with E-state index in [1.165, 1.54) is 54.5 Å². The number of aryl methyl sites for hydroxylation is 1. The van der Waals surface area contributed by atoms with Gasteiger partial charge in [0.1, 0.15) is 0 Å². The summed E-state index contributed by atoms with van der Waals surface area (Å²) in [6.45, 7) is 5.56. The van der Waals surface area contributed by atoms with Crippen molar-refractivity contribution in [1.29, 1.82) is 0 Å². The average Bonchev–Trinajstić information content (AvgIpc) is 3.23. The monoisotopic (exact) mass is 265 g/mol. The van der Waals surface area contributed by atoms with Crippen molar-refractivity contribution in [3.63, 3.8) is 0 Å². The Hall–Kier alpha value is -0.610. The van der Waals surface area contributed by atoms with Crippen molar-refractivity contribution < 1.29 is 0 Å². The number of aromatic nitrogens is 1. The first-order valence-electron chi connectivity index (χ1n) is 7.12. The molecule has 2 fully saturated rings. The predicted molar refractivity (Wildman–Crippen MR) is 77.3 cm³/mol. The summed E-state index contributed by atoms with van der Waals surface area (Å²) in [7, 11) is 2.00. The third kappa shape index (κ3) is 3.04. The van der Waals surface area contributed by atoms with Crippen LogP contribution in [0.1, 0.15) is 36.3 Å². The third-order valence-electron chi connectivity index (χ3n) is 3.84. The summed E-state index contributed by atoms with van der Waals surface area (Å²) in [6, 6.07) is 0. The molecule has 2 aliphatic rings. The molecule has 0 radical (unpaired) electrons. The lowest BCUT2D eigenvalue weighted by molar-refractivity contribution is 0.677. The van der Waals surface area contributed by atoms with Crippen molar-refractivity contribution in [3.05, 3.63) is 10.6 Å². The van der Waals surface area contributed by atoms with Crippen LogP contribution >= 0.6 is 11.3 Å². The van der Waals surface area contributed by atoms with Crippen molar-refractivity contribution in [2.24, 2.45) is 11.8 Å². The molecule has 0 atom stereocenters. The molecular formula is C14H23N3S. The summed E-state index contributed by atoms with van der Waals surface area (Å²) in [6.07, 6.45) is 5.70. The molecular weight excluding hydrogens is 242 g/mol. The van der Waals surface area contributed by atoms with Crippen molar-refractivity contribution in [2.75, 3.05) is 25.0 Å². The van der Waals surface area contributed by atoms with Gasteiger partial charge in [0, 0.05) is 24.5 Å². The molecule has 1 aromatic heterocycles. The zero-order valence-corrected chi connectivity index (χ0v) is 12.2. The fourth-order valence-corrected chi connectivity index (χ4v) is 3.42. The van der Waals surface area contributed by atoms with Crippen molar-refractivity contribution in [3.8, 4) is 0 Å². The molecule has 0 aromatic carbocycles. The van der Waals surface area contributed by atoms with Gasteiger partial charge in [-0.2, -0.15) is 0 Å². The van der Waals surface area contributed by atoms with Gasteiger partial charge in [-0.3, -0.25) is 0 Å². The standard InChI is InChI=1S/C14H23N3S/c1-10-13(7-15-2)18-14(16-10)17(8-11-3-4-11)9-12-5-6-12/h11-12,15H,3-9H2,1-2H3. The third-order valence-corrected chi connectivity index (χ3v) is 5.06. The van der Waals surface area contributed by atoms with Gasteiger partial charge >= 0.3 is 0 Å². The van der Waals surface area contributed by atoms with Crippen LogP contribution in [0.25, 0.3) is 0 Å². The number of hydrogen-bond donors (Lipinski definition) is 1. The Morgan fingerprint density at radius 1 is 1.22 bits per heavy atom.